The second kappa shape index (κ2) is 9.45. The van der Waals surface area contributed by atoms with Crippen LogP contribution in [0.5, 0.6) is 0 Å². The molecule has 2 bridgehead atoms. The van der Waals surface area contributed by atoms with Gasteiger partial charge in [-0.05, 0) is 46.7 Å². The van der Waals surface area contributed by atoms with Gasteiger partial charge in [0.05, 0.1) is 18.6 Å². The molecule has 1 amide bonds. The van der Waals surface area contributed by atoms with Crippen LogP contribution in [0, 0.1) is 11.8 Å². The lowest BCUT2D eigenvalue weighted by molar-refractivity contribution is -0.966. The predicted octanol–water partition coefficient (Wildman–Crippen LogP) is 5.62. The van der Waals surface area contributed by atoms with Crippen molar-refractivity contribution in [2.75, 3.05) is 25.0 Å². The molecule has 3 aliphatic heterocycles. The zero-order chi connectivity index (χ0) is 25.5. The van der Waals surface area contributed by atoms with Crippen LogP contribution in [0.25, 0.3) is 10.9 Å². The SMILES string of the molecule is C=CC1C[N@+]2(CC(=O)Nc3ccc(C(C)(C)C)cc3)CCC1CC2C(O)c1ccnc2ccccc12. The van der Waals surface area contributed by atoms with E-state index in [0.29, 0.717) is 22.9 Å². The van der Waals surface area contributed by atoms with E-state index in [0.717, 1.165) is 48.1 Å². The quantitative estimate of drug-likeness (QED) is 0.353. The van der Waals surface area contributed by atoms with Gasteiger partial charge in [0.15, 0.2) is 6.54 Å². The van der Waals surface area contributed by atoms with E-state index in [1.807, 2.05) is 42.5 Å². The first-order valence-corrected chi connectivity index (χ1v) is 13.1. The molecule has 0 aliphatic carbocycles. The Balaban J connectivity index is 1.41. The molecular weight excluding hydrogens is 446 g/mol. The zero-order valence-electron chi connectivity index (χ0n) is 21.7. The summed E-state index contributed by atoms with van der Waals surface area (Å²) in [5, 5.41) is 15.9. The Hall–Kier alpha value is -3.02. The molecular formula is C31H38N3O2+. The van der Waals surface area contributed by atoms with Gasteiger partial charge in [0, 0.05) is 36.0 Å². The van der Waals surface area contributed by atoms with Crippen LogP contribution in [0.2, 0.25) is 0 Å². The van der Waals surface area contributed by atoms with Crippen LogP contribution in [0.4, 0.5) is 5.69 Å². The van der Waals surface area contributed by atoms with E-state index in [1.54, 1.807) is 6.20 Å². The molecule has 3 aliphatic rings. The molecule has 6 rings (SSSR count). The summed E-state index contributed by atoms with van der Waals surface area (Å²) in [5.41, 5.74) is 3.91. The highest BCUT2D eigenvalue weighted by atomic mass is 16.3. The number of aliphatic hydroxyl groups excluding tert-OH is 1. The van der Waals surface area contributed by atoms with Crippen LogP contribution in [0.15, 0.2) is 73.4 Å². The third kappa shape index (κ3) is 4.58. The zero-order valence-corrected chi connectivity index (χ0v) is 21.7. The van der Waals surface area contributed by atoms with Gasteiger partial charge in [0.2, 0.25) is 0 Å². The summed E-state index contributed by atoms with van der Waals surface area (Å²) in [5.74, 6) is 0.872. The average Bonchev–Trinajstić information content (AvgIpc) is 2.87. The minimum Gasteiger partial charge on any atom is -0.382 e. The number of hydrogen-bond donors (Lipinski definition) is 2. The Morgan fingerprint density at radius 1 is 1.19 bits per heavy atom. The molecule has 4 unspecified atom stereocenters. The summed E-state index contributed by atoms with van der Waals surface area (Å²) >= 11 is 0. The van der Waals surface area contributed by atoms with Crippen LogP contribution in [-0.4, -0.2) is 46.2 Å². The Morgan fingerprint density at radius 3 is 2.67 bits per heavy atom. The number of nitrogens with zero attached hydrogens (tertiary/aromatic N) is 2. The summed E-state index contributed by atoms with van der Waals surface area (Å²) in [6, 6.07) is 18.0. The topological polar surface area (TPSA) is 62.2 Å². The monoisotopic (exact) mass is 484 g/mol. The number of pyridine rings is 1. The van der Waals surface area contributed by atoms with Gasteiger partial charge in [0.25, 0.3) is 5.91 Å². The van der Waals surface area contributed by atoms with E-state index in [9.17, 15) is 9.90 Å². The van der Waals surface area contributed by atoms with Gasteiger partial charge in [-0.2, -0.15) is 0 Å². The summed E-state index contributed by atoms with van der Waals surface area (Å²) in [6.45, 7) is 12.7. The molecule has 5 nitrogen and oxygen atoms in total. The van der Waals surface area contributed by atoms with Crippen LogP contribution in [-0.2, 0) is 10.2 Å². The molecule has 3 fully saturated rings. The predicted molar refractivity (Wildman–Crippen MR) is 146 cm³/mol. The molecule has 2 N–H and O–H groups in total. The van der Waals surface area contributed by atoms with E-state index in [1.165, 1.54) is 5.56 Å². The van der Waals surface area contributed by atoms with Gasteiger partial charge < -0.3 is 14.9 Å². The number of amides is 1. The summed E-state index contributed by atoms with van der Waals surface area (Å²) in [6.07, 6.45) is 5.13. The van der Waals surface area contributed by atoms with Crippen molar-refractivity contribution in [2.45, 2.75) is 51.2 Å². The smallest absolute Gasteiger partial charge is 0.279 e. The molecule has 2 aromatic carbocycles. The molecule has 0 spiro atoms. The highest BCUT2D eigenvalue weighted by molar-refractivity contribution is 5.91. The first-order chi connectivity index (χ1) is 17.2. The summed E-state index contributed by atoms with van der Waals surface area (Å²) in [4.78, 5) is 17.9. The van der Waals surface area contributed by atoms with E-state index in [2.05, 4.69) is 55.9 Å². The number of nitrogens with one attached hydrogen (secondary N) is 1. The standard InChI is InChI=1S/C31H37N3O2/c1-5-21-19-34(20-29(35)33-24-12-10-23(11-13-24)31(2,3)4)17-15-22(21)18-28(34)30(36)26-14-16-32-27-9-7-6-8-25(26)27/h5-14,16,21-22,28,30,36H,1,15,17-20H2,2-4H3/p+1/t21?,22?,28?,30?,34-/m0/s1. The number of piperidine rings is 3. The number of aliphatic hydroxyl groups is 1. The number of anilines is 1. The fourth-order valence-corrected chi connectivity index (χ4v) is 6.50. The van der Waals surface area contributed by atoms with Crippen LogP contribution in [0.3, 0.4) is 0 Å². The lowest BCUT2D eigenvalue weighted by Crippen LogP contribution is -2.69. The molecule has 5 heteroatoms. The number of para-hydroxylation sites is 1. The van der Waals surface area contributed by atoms with Gasteiger partial charge in [-0.25, -0.2) is 0 Å². The third-order valence-corrected chi connectivity index (χ3v) is 8.53. The van der Waals surface area contributed by atoms with Gasteiger partial charge in [0.1, 0.15) is 12.1 Å². The van der Waals surface area contributed by atoms with Crippen molar-refractivity contribution < 1.29 is 14.4 Å². The maximum atomic E-state index is 13.4. The van der Waals surface area contributed by atoms with Gasteiger partial charge in [-0.1, -0.05) is 57.2 Å². The van der Waals surface area contributed by atoms with Crippen LogP contribution in [0.1, 0.15) is 50.8 Å². The van der Waals surface area contributed by atoms with E-state index >= 15 is 0 Å². The second-order valence-corrected chi connectivity index (χ2v) is 11.8. The number of aromatic nitrogens is 1. The van der Waals surface area contributed by atoms with Crippen molar-refractivity contribution in [3.63, 3.8) is 0 Å². The van der Waals surface area contributed by atoms with Crippen molar-refractivity contribution in [3.8, 4) is 0 Å². The Bertz CT molecular complexity index is 1260. The third-order valence-electron chi connectivity index (χ3n) is 8.53. The Morgan fingerprint density at radius 2 is 1.94 bits per heavy atom. The van der Waals surface area contributed by atoms with Gasteiger partial charge >= 0.3 is 0 Å². The second-order valence-electron chi connectivity index (χ2n) is 11.8. The number of fused-ring (bicyclic) bond motifs is 4. The van der Waals surface area contributed by atoms with Gasteiger partial charge in [-0.15, -0.1) is 6.58 Å². The maximum absolute atomic E-state index is 13.4. The molecule has 5 atom stereocenters. The highest BCUT2D eigenvalue weighted by Crippen LogP contribution is 2.47. The summed E-state index contributed by atoms with van der Waals surface area (Å²) in [7, 11) is 0. The number of benzene rings is 2. The lowest BCUT2D eigenvalue weighted by atomic mass is 9.71. The van der Waals surface area contributed by atoms with Crippen molar-refractivity contribution in [2.24, 2.45) is 11.8 Å². The van der Waals surface area contributed by atoms with Crippen LogP contribution >= 0.6 is 0 Å². The first-order valence-electron chi connectivity index (χ1n) is 13.1. The number of hydrogen-bond acceptors (Lipinski definition) is 3. The lowest BCUT2D eigenvalue weighted by Gasteiger charge is -2.57. The van der Waals surface area contributed by atoms with Crippen molar-refractivity contribution >= 4 is 22.5 Å². The molecule has 36 heavy (non-hydrogen) atoms. The van der Waals surface area contributed by atoms with Gasteiger partial charge in [-0.3, -0.25) is 9.78 Å². The number of quaternary nitrogens is 1. The molecule has 1 aromatic heterocycles. The fraction of sp³-hybridized carbons (Fsp3) is 0.419. The van der Waals surface area contributed by atoms with Crippen LogP contribution < -0.4 is 5.32 Å². The molecule has 4 heterocycles. The average molecular weight is 485 g/mol. The largest absolute Gasteiger partial charge is 0.382 e. The number of carbonyl (C=O) groups excluding carboxylic acids is 1. The molecule has 0 saturated carbocycles. The van der Waals surface area contributed by atoms with E-state index < -0.39 is 6.10 Å². The number of rotatable bonds is 6. The summed E-state index contributed by atoms with van der Waals surface area (Å²) < 4.78 is 0.594. The molecule has 3 aromatic rings. The first kappa shape index (κ1) is 24.7. The molecule has 188 valence electrons. The van der Waals surface area contributed by atoms with E-state index in [-0.39, 0.29) is 17.4 Å². The van der Waals surface area contributed by atoms with Crippen molar-refractivity contribution in [1.29, 1.82) is 0 Å². The van der Waals surface area contributed by atoms with E-state index in [4.69, 9.17) is 0 Å². The minimum absolute atomic E-state index is 0.00143. The Labute approximate surface area is 214 Å². The number of carbonyl (C=O) groups is 1. The normalized spacial score (nSPS) is 26.5. The van der Waals surface area contributed by atoms with Crippen molar-refractivity contribution in [1.82, 2.24) is 4.98 Å². The molecule has 3 saturated heterocycles. The minimum atomic E-state index is -0.662. The fourth-order valence-electron chi connectivity index (χ4n) is 6.50. The maximum Gasteiger partial charge on any atom is 0.279 e. The van der Waals surface area contributed by atoms with Crippen molar-refractivity contribution in [3.05, 3.63) is 84.6 Å². The molecule has 0 radical (unpaired) electrons. The Kier molecular flexibility index (Phi) is 6.48. The highest BCUT2D eigenvalue weighted by Gasteiger charge is 2.54.